The summed E-state index contributed by atoms with van der Waals surface area (Å²) in [6, 6.07) is 0. The largest absolute Gasteiger partial charge is 0.384 e. The molecule has 3 N–H and O–H groups in total. The summed E-state index contributed by atoms with van der Waals surface area (Å²) >= 11 is 0. The van der Waals surface area contributed by atoms with Crippen molar-refractivity contribution in [3.63, 3.8) is 0 Å². The van der Waals surface area contributed by atoms with Crippen molar-refractivity contribution in [3.8, 4) is 0 Å². The number of carbonyl (C=O) groups excluding carboxylic acids is 1. The van der Waals surface area contributed by atoms with Crippen molar-refractivity contribution in [1.82, 2.24) is 5.48 Å². The summed E-state index contributed by atoms with van der Waals surface area (Å²) in [5.74, 6) is -0.134. The second-order valence-corrected chi connectivity index (χ2v) is 2.66. The Balaban J connectivity index is 3.13. The molecule has 0 aromatic carbocycles. The SMILES string of the molecule is COCC(C)CNOCC(N)=O. The lowest BCUT2D eigenvalue weighted by atomic mass is 10.2. The zero-order valence-electron chi connectivity index (χ0n) is 7.50. The molecule has 0 heterocycles. The molecule has 0 rings (SSSR count). The molecule has 1 amide bonds. The van der Waals surface area contributed by atoms with Crippen molar-refractivity contribution in [2.45, 2.75) is 6.92 Å². The lowest BCUT2D eigenvalue weighted by Crippen LogP contribution is -2.29. The maximum Gasteiger partial charge on any atom is 0.245 e. The number of hydrogen-bond donors (Lipinski definition) is 2. The van der Waals surface area contributed by atoms with Crippen LogP contribution in [-0.2, 0) is 14.4 Å². The van der Waals surface area contributed by atoms with Gasteiger partial charge >= 0.3 is 0 Å². The normalized spacial score (nSPS) is 12.8. The van der Waals surface area contributed by atoms with Gasteiger partial charge in [0.25, 0.3) is 0 Å². The van der Waals surface area contributed by atoms with E-state index in [1.165, 1.54) is 0 Å². The third-order valence-corrected chi connectivity index (χ3v) is 1.20. The molecule has 0 aliphatic carbocycles. The van der Waals surface area contributed by atoms with Crippen molar-refractivity contribution in [2.75, 3.05) is 26.9 Å². The lowest BCUT2D eigenvalue weighted by Gasteiger charge is -2.10. The minimum Gasteiger partial charge on any atom is -0.384 e. The first-order valence-electron chi connectivity index (χ1n) is 3.78. The molecule has 1 unspecified atom stereocenters. The van der Waals surface area contributed by atoms with Crippen LogP contribution in [0.1, 0.15) is 6.92 Å². The van der Waals surface area contributed by atoms with Crippen molar-refractivity contribution in [1.29, 1.82) is 0 Å². The summed E-state index contributed by atoms with van der Waals surface area (Å²) in [5.41, 5.74) is 7.46. The average Bonchev–Trinajstić information content (AvgIpc) is 1.98. The van der Waals surface area contributed by atoms with E-state index in [2.05, 4.69) is 5.48 Å². The zero-order valence-corrected chi connectivity index (χ0v) is 7.50. The summed E-state index contributed by atoms with van der Waals surface area (Å²) < 4.78 is 4.89. The number of primary amides is 1. The summed E-state index contributed by atoms with van der Waals surface area (Å²) in [6.45, 7) is 3.21. The molecule has 0 aliphatic rings. The Hall–Kier alpha value is -0.650. The third-order valence-electron chi connectivity index (χ3n) is 1.20. The number of nitrogens with two attached hydrogens (primary N) is 1. The molecule has 0 saturated carbocycles. The highest BCUT2D eigenvalue weighted by molar-refractivity contribution is 5.74. The van der Waals surface area contributed by atoms with Gasteiger partial charge in [0.15, 0.2) is 0 Å². The third kappa shape index (κ3) is 7.46. The standard InChI is InChI=1S/C7H16N2O3/c1-6(4-11-2)3-9-12-5-7(8)10/h6,9H,3-5H2,1-2H3,(H2,8,10). The van der Waals surface area contributed by atoms with E-state index in [1.54, 1.807) is 7.11 Å². The van der Waals surface area contributed by atoms with Gasteiger partial charge in [-0.05, 0) is 5.92 Å². The van der Waals surface area contributed by atoms with Gasteiger partial charge in [0.2, 0.25) is 5.91 Å². The number of ether oxygens (including phenoxy) is 1. The number of hydroxylamine groups is 1. The predicted octanol–water partition coefficient (Wildman–Crippen LogP) is -0.725. The van der Waals surface area contributed by atoms with E-state index < -0.39 is 5.91 Å². The first-order chi connectivity index (χ1) is 5.66. The van der Waals surface area contributed by atoms with E-state index in [-0.39, 0.29) is 6.61 Å². The van der Waals surface area contributed by atoms with Gasteiger partial charge in [0.1, 0.15) is 6.61 Å². The smallest absolute Gasteiger partial charge is 0.245 e. The fourth-order valence-electron chi connectivity index (χ4n) is 0.667. The van der Waals surface area contributed by atoms with E-state index in [0.717, 1.165) is 0 Å². The first-order valence-corrected chi connectivity index (χ1v) is 3.78. The Bertz CT molecular complexity index is 130. The maximum atomic E-state index is 10.2. The summed E-state index contributed by atoms with van der Waals surface area (Å²) in [7, 11) is 1.64. The molecule has 0 aromatic heterocycles. The van der Waals surface area contributed by atoms with Crippen LogP contribution in [0, 0.1) is 5.92 Å². The van der Waals surface area contributed by atoms with Crippen LogP contribution in [0.4, 0.5) is 0 Å². The molecule has 0 aromatic rings. The molecule has 0 saturated heterocycles. The highest BCUT2D eigenvalue weighted by Crippen LogP contribution is 1.91. The summed E-state index contributed by atoms with van der Waals surface area (Å²) in [5, 5.41) is 0. The van der Waals surface area contributed by atoms with E-state index in [9.17, 15) is 4.79 Å². The molecule has 5 nitrogen and oxygen atoms in total. The lowest BCUT2D eigenvalue weighted by molar-refractivity contribution is -0.125. The van der Waals surface area contributed by atoms with Gasteiger partial charge < -0.3 is 10.5 Å². The molecule has 5 heteroatoms. The van der Waals surface area contributed by atoms with Crippen LogP contribution in [0.2, 0.25) is 0 Å². The molecule has 12 heavy (non-hydrogen) atoms. The molecule has 0 radical (unpaired) electrons. The molecule has 1 atom stereocenters. The molecule has 0 spiro atoms. The number of amides is 1. The first kappa shape index (κ1) is 11.4. The molecule has 0 bridgehead atoms. The van der Waals surface area contributed by atoms with E-state index in [4.69, 9.17) is 15.3 Å². The quantitative estimate of drug-likeness (QED) is 0.396. The number of rotatable bonds is 7. The Morgan fingerprint density at radius 3 is 2.83 bits per heavy atom. The summed E-state index contributed by atoms with van der Waals surface area (Å²) in [6.07, 6.45) is 0. The van der Waals surface area contributed by atoms with Crippen LogP contribution >= 0.6 is 0 Å². The van der Waals surface area contributed by atoms with Crippen molar-refractivity contribution >= 4 is 5.91 Å². The van der Waals surface area contributed by atoms with Crippen LogP contribution in [0.15, 0.2) is 0 Å². The zero-order chi connectivity index (χ0) is 9.40. The molecular formula is C7H16N2O3. The van der Waals surface area contributed by atoms with Crippen LogP contribution in [0.25, 0.3) is 0 Å². The minimum absolute atomic E-state index is 0.0975. The van der Waals surface area contributed by atoms with Gasteiger partial charge in [-0.15, -0.1) is 0 Å². The molecule has 72 valence electrons. The molecule has 0 aliphatic heterocycles. The number of nitrogens with one attached hydrogen (secondary N) is 1. The highest BCUT2D eigenvalue weighted by Gasteiger charge is 2.00. The van der Waals surface area contributed by atoms with E-state index in [1.807, 2.05) is 6.92 Å². The van der Waals surface area contributed by atoms with Crippen LogP contribution < -0.4 is 11.2 Å². The monoisotopic (exact) mass is 176 g/mol. The maximum absolute atomic E-state index is 10.2. The van der Waals surface area contributed by atoms with Crippen molar-refractivity contribution < 1.29 is 14.4 Å². The van der Waals surface area contributed by atoms with Crippen molar-refractivity contribution in [3.05, 3.63) is 0 Å². The van der Waals surface area contributed by atoms with E-state index >= 15 is 0 Å². The average molecular weight is 176 g/mol. The van der Waals surface area contributed by atoms with Crippen molar-refractivity contribution in [2.24, 2.45) is 11.7 Å². The predicted molar refractivity (Wildman–Crippen MR) is 44.2 cm³/mol. The number of carbonyl (C=O) groups is 1. The van der Waals surface area contributed by atoms with Crippen LogP contribution in [-0.4, -0.2) is 32.8 Å². The Labute approximate surface area is 72.2 Å². The van der Waals surface area contributed by atoms with Gasteiger partial charge in [0.05, 0.1) is 6.61 Å². The Morgan fingerprint density at radius 2 is 2.33 bits per heavy atom. The molecular weight excluding hydrogens is 160 g/mol. The highest BCUT2D eigenvalue weighted by atomic mass is 16.6. The van der Waals surface area contributed by atoms with Crippen LogP contribution in [0.3, 0.4) is 0 Å². The second kappa shape index (κ2) is 7.02. The Kier molecular flexibility index (Phi) is 6.64. The molecule has 0 fully saturated rings. The fourth-order valence-corrected chi connectivity index (χ4v) is 0.667. The fraction of sp³-hybridized carbons (Fsp3) is 0.857. The van der Waals surface area contributed by atoms with Gasteiger partial charge in [-0.3, -0.25) is 9.63 Å². The van der Waals surface area contributed by atoms with E-state index in [0.29, 0.717) is 19.1 Å². The van der Waals surface area contributed by atoms with Gasteiger partial charge in [-0.25, -0.2) is 5.48 Å². The number of hydrogen-bond acceptors (Lipinski definition) is 4. The van der Waals surface area contributed by atoms with Crippen LogP contribution in [0.5, 0.6) is 0 Å². The Morgan fingerprint density at radius 1 is 1.67 bits per heavy atom. The minimum atomic E-state index is -0.484. The van der Waals surface area contributed by atoms with Gasteiger partial charge in [0, 0.05) is 13.7 Å². The number of methoxy groups -OCH3 is 1. The second-order valence-electron chi connectivity index (χ2n) is 2.66. The topological polar surface area (TPSA) is 73.6 Å². The summed E-state index contributed by atoms with van der Waals surface area (Å²) in [4.78, 5) is 14.9. The van der Waals surface area contributed by atoms with Gasteiger partial charge in [-0.2, -0.15) is 0 Å². The van der Waals surface area contributed by atoms with Gasteiger partial charge in [-0.1, -0.05) is 6.92 Å².